The Balaban J connectivity index is 1.48. The van der Waals surface area contributed by atoms with E-state index in [2.05, 4.69) is 5.32 Å². The second kappa shape index (κ2) is 8.14. The van der Waals surface area contributed by atoms with Gasteiger partial charge in [0, 0.05) is 31.0 Å². The molecule has 2 aromatic rings. The molecule has 2 aromatic carbocycles. The summed E-state index contributed by atoms with van der Waals surface area (Å²) in [6, 6.07) is 13.1. The number of amides is 1. The Bertz CT molecular complexity index is 1020. The molecule has 8 heteroatoms. The maximum atomic E-state index is 13.0. The SMILES string of the molecule is Cc1ccc(NCC(=O)N2CCc3ccccc32)cc1S(=O)(=O)N1CCOCC1. The number of sulfonamides is 1. The van der Waals surface area contributed by atoms with Crippen molar-refractivity contribution in [2.24, 2.45) is 0 Å². The second-order valence-corrected chi connectivity index (χ2v) is 9.18. The maximum Gasteiger partial charge on any atom is 0.246 e. The van der Waals surface area contributed by atoms with Crippen LogP contribution in [0.5, 0.6) is 0 Å². The first kappa shape index (κ1) is 19.9. The number of nitrogens with one attached hydrogen (secondary N) is 1. The topological polar surface area (TPSA) is 79.0 Å². The number of morpholine rings is 1. The first-order valence-corrected chi connectivity index (χ1v) is 11.2. The molecule has 1 fully saturated rings. The summed E-state index contributed by atoms with van der Waals surface area (Å²) in [6.07, 6.45) is 0.856. The first-order valence-electron chi connectivity index (χ1n) is 9.77. The van der Waals surface area contributed by atoms with Crippen LogP contribution in [0.1, 0.15) is 11.1 Å². The number of rotatable bonds is 5. The van der Waals surface area contributed by atoms with Crippen LogP contribution >= 0.6 is 0 Å². The molecule has 0 radical (unpaired) electrons. The Labute approximate surface area is 171 Å². The van der Waals surface area contributed by atoms with E-state index < -0.39 is 10.0 Å². The molecular formula is C21H25N3O4S. The van der Waals surface area contributed by atoms with Gasteiger partial charge in [-0.2, -0.15) is 4.31 Å². The summed E-state index contributed by atoms with van der Waals surface area (Å²) < 4.78 is 32.7. The zero-order valence-electron chi connectivity index (χ0n) is 16.4. The standard InChI is InChI=1S/C21H25N3O4S/c1-16-6-7-18(14-20(16)29(26,27)23-10-12-28-13-11-23)22-15-21(25)24-9-8-17-4-2-3-5-19(17)24/h2-7,14,22H,8-13,15H2,1H3. The van der Waals surface area contributed by atoms with Crippen LogP contribution in [-0.2, 0) is 26.0 Å². The van der Waals surface area contributed by atoms with Crippen LogP contribution in [0.3, 0.4) is 0 Å². The van der Waals surface area contributed by atoms with Crippen molar-refractivity contribution in [3.05, 3.63) is 53.6 Å². The van der Waals surface area contributed by atoms with Gasteiger partial charge in [0.25, 0.3) is 0 Å². The molecule has 0 aromatic heterocycles. The molecule has 7 nitrogen and oxygen atoms in total. The van der Waals surface area contributed by atoms with E-state index in [0.717, 1.165) is 12.1 Å². The third kappa shape index (κ3) is 4.01. The minimum atomic E-state index is -3.59. The number of benzene rings is 2. The first-order chi connectivity index (χ1) is 14.0. The van der Waals surface area contributed by atoms with Crippen LogP contribution in [0.15, 0.2) is 47.4 Å². The number of anilines is 2. The number of nitrogens with zero attached hydrogens (tertiary/aromatic N) is 2. The highest BCUT2D eigenvalue weighted by molar-refractivity contribution is 7.89. The van der Waals surface area contributed by atoms with E-state index in [-0.39, 0.29) is 17.3 Å². The van der Waals surface area contributed by atoms with E-state index in [1.165, 1.54) is 9.87 Å². The average molecular weight is 416 g/mol. The summed E-state index contributed by atoms with van der Waals surface area (Å²) in [7, 11) is -3.59. The molecule has 1 amide bonds. The summed E-state index contributed by atoms with van der Waals surface area (Å²) in [5, 5.41) is 3.10. The molecule has 0 saturated carbocycles. The fourth-order valence-corrected chi connectivity index (χ4v) is 5.44. The molecule has 0 bridgehead atoms. The Kier molecular flexibility index (Phi) is 5.58. The van der Waals surface area contributed by atoms with Crippen LogP contribution in [0.25, 0.3) is 0 Å². The predicted octanol–water partition coefficient (Wildman–Crippen LogP) is 2.02. The van der Waals surface area contributed by atoms with Gasteiger partial charge in [-0.3, -0.25) is 4.79 Å². The van der Waals surface area contributed by atoms with Crippen LogP contribution in [0, 0.1) is 6.92 Å². The van der Waals surface area contributed by atoms with Gasteiger partial charge in [0.2, 0.25) is 15.9 Å². The Hall–Kier alpha value is -2.42. The van der Waals surface area contributed by atoms with Crippen molar-refractivity contribution in [3.63, 3.8) is 0 Å². The normalized spacial score (nSPS) is 17.2. The van der Waals surface area contributed by atoms with Crippen LogP contribution < -0.4 is 10.2 Å². The Morgan fingerprint density at radius 3 is 2.66 bits per heavy atom. The lowest BCUT2D eigenvalue weighted by atomic mass is 10.2. The third-order valence-corrected chi connectivity index (χ3v) is 7.45. The molecule has 2 aliphatic rings. The fraction of sp³-hybridized carbons (Fsp3) is 0.381. The average Bonchev–Trinajstić information content (AvgIpc) is 3.18. The van der Waals surface area contributed by atoms with E-state index in [9.17, 15) is 13.2 Å². The van der Waals surface area contributed by atoms with Crippen molar-refractivity contribution in [1.29, 1.82) is 0 Å². The second-order valence-electron chi connectivity index (χ2n) is 7.27. The van der Waals surface area contributed by atoms with Crippen molar-refractivity contribution in [2.75, 3.05) is 49.6 Å². The number of hydrogen-bond acceptors (Lipinski definition) is 5. The van der Waals surface area contributed by atoms with Gasteiger partial charge in [-0.1, -0.05) is 24.3 Å². The number of aryl methyl sites for hydroxylation is 1. The van der Waals surface area contributed by atoms with Gasteiger partial charge in [0.15, 0.2) is 0 Å². The lowest BCUT2D eigenvalue weighted by Gasteiger charge is -2.27. The summed E-state index contributed by atoms with van der Waals surface area (Å²) in [4.78, 5) is 14.7. The highest BCUT2D eigenvalue weighted by Crippen LogP contribution is 2.28. The number of carbonyl (C=O) groups excluding carboxylic acids is 1. The molecule has 0 spiro atoms. The van der Waals surface area contributed by atoms with E-state index in [1.807, 2.05) is 24.3 Å². The minimum absolute atomic E-state index is 0.0342. The van der Waals surface area contributed by atoms with Crippen molar-refractivity contribution < 1.29 is 17.9 Å². The number of para-hydroxylation sites is 1. The smallest absolute Gasteiger partial charge is 0.246 e. The molecule has 0 aliphatic carbocycles. The van der Waals surface area contributed by atoms with Crippen molar-refractivity contribution >= 4 is 27.3 Å². The summed E-state index contributed by atoms with van der Waals surface area (Å²) in [5.74, 6) is -0.0342. The number of fused-ring (bicyclic) bond motifs is 1. The van der Waals surface area contributed by atoms with Gasteiger partial charge in [-0.25, -0.2) is 8.42 Å². The van der Waals surface area contributed by atoms with E-state index in [1.54, 1.807) is 30.0 Å². The fourth-order valence-electron chi connectivity index (χ4n) is 3.78. The monoisotopic (exact) mass is 415 g/mol. The lowest BCUT2D eigenvalue weighted by molar-refractivity contribution is -0.116. The van der Waals surface area contributed by atoms with Crippen LogP contribution in [0.4, 0.5) is 11.4 Å². The van der Waals surface area contributed by atoms with Crippen LogP contribution in [0.2, 0.25) is 0 Å². The van der Waals surface area contributed by atoms with E-state index in [0.29, 0.717) is 44.1 Å². The van der Waals surface area contributed by atoms with Gasteiger partial charge < -0.3 is 15.0 Å². The molecule has 4 rings (SSSR count). The van der Waals surface area contributed by atoms with Crippen molar-refractivity contribution in [1.82, 2.24) is 4.31 Å². The highest BCUT2D eigenvalue weighted by Gasteiger charge is 2.28. The number of hydrogen-bond donors (Lipinski definition) is 1. The molecule has 154 valence electrons. The molecular weight excluding hydrogens is 390 g/mol. The quantitative estimate of drug-likeness (QED) is 0.808. The van der Waals surface area contributed by atoms with Crippen molar-refractivity contribution in [2.45, 2.75) is 18.2 Å². The molecule has 0 unspecified atom stereocenters. The number of carbonyl (C=O) groups is 1. The molecule has 1 saturated heterocycles. The maximum absolute atomic E-state index is 13.0. The van der Waals surface area contributed by atoms with Gasteiger partial charge in [-0.05, 0) is 42.7 Å². The summed E-state index contributed by atoms with van der Waals surface area (Å²) in [5.41, 5.74) is 3.43. The molecule has 29 heavy (non-hydrogen) atoms. The highest BCUT2D eigenvalue weighted by atomic mass is 32.2. The van der Waals surface area contributed by atoms with Crippen LogP contribution in [-0.4, -0.2) is 58.0 Å². The molecule has 2 aliphatic heterocycles. The molecule has 1 N–H and O–H groups in total. The summed E-state index contributed by atoms with van der Waals surface area (Å²) in [6.45, 7) is 4.07. The Morgan fingerprint density at radius 1 is 1.10 bits per heavy atom. The molecule has 0 atom stereocenters. The van der Waals surface area contributed by atoms with Gasteiger partial charge in [-0.15, -0.1) is 0 Å². The van der Waals surface area contributed by atoms with E-state index in [4.69, 9.17) is 4.74 Å². The van der Waals surface area contributed by atoms with E-state index >= 15 is 0 Å². The zero-order chi connectivity index (χ0) is 20.4. The molecule has 2 heterocycles. The Morgan fingerprint density at radius 2 is 1.86 bits per heavy atom. The van der Waals surface area contributed by atoms with Gasteiger partial charge in [0.1, 0.15) is 0 Å². The summed E-state index contributed by atoms with van der Waals surface area (Å²) >= 11 is 0. The number of ether oxygens (including phenoxy) is 1. The van der Waals surface area contributed by atoms with Crippen molar-refractivity contribution in [3.8, 4) is 0 Å². The zero-order valence-corrected chi connectivity index (χ0v) is 17.2. The van der Waals surface area contributed by atoms with Gasteiger partial charge >= 0.3 is 0 Å². The largest absolute Gasteiger partial charge is 0.379 e. The third-order valence-electron chi connectivity index (χ3n) is 5.41. The van der Waals surface area contributed by atoms with Gasteiger partial charge in [0.05, 0.1) is 24.7 Å². The lowest BCUT2D eigenvalue weighted by Crippen LogP contribution is -2.40. The predicted molar refractivity (Wildman–Crippen MR) is 112 cm³/mol. The minimum Gasteiger partial charge on any atom is -0.379 e.